The molecule has 0 amide bonds. The van der Waals surface area contributed by atoms with Crippen molar-refractivity contribution >= 4 is 5.78 Å². The third kappa shape index (κ3) is 5.26. The summed E-state index contributed by atoms with van der Waals surface area (Å²) in [7, 11) is 0. The second-order valence-electron chi connectivity index (χ2n) is 3.76. The maximum Gasteiger partial charge on any atom is 0.155 e. The van der Waals surface area contributed by atoms with E-state index in [0.717, 1.165) is 12.8 Å². The van der Waals surface area contributed by atoms with Crippen LogP contribution >= 0.6 is 0 Å². The van der Waals surface area contributed by atoms with Crippen molar-refractivity contribution in [3.8, 4) is 0 Å². The molecule has 1 unspecified atom stereocenters. The Balaban J connectivity index is 0.00000106. The SMILES string of the molecule is CC.CCC1=CCC(OCC(C)=O)C(C)=C1. The van der Waals surface area contributed by atoms with Gasteiger partial charge in [0.25, 0.3) is 0 Å². The summed E-state index contributed by atoms with van der Waals surface area (Å²) in [5.74, 6) is 0.0862. The van der Waals surface area contributed by atoms with E-state index in [9.17, 15) is 4.79 Å². The summed E-state index contributed by atoms with van der Waals surface area (Å²) in [6, 6.07) is 0. The van der Waals surface area contributed by atoms with Gasteiger partial charge in [0.15, 0.2) is 5.78 Å². The van der Waals surface area contributed by atoms with E-state index < -0.39 is 0 Å². The third-order valence-corrected chi connectivity index (χ3v) is 2.41. The highest BCUT2D eigenvalue weighted by Crippen LogP contribution is 2.21. The van der Waals surface area contributed by atoms with Crippen molar-refractivity contribution in [3.63, 3.8) is 0 Å². The van der Waals surface area contributed by atoms with Crippen LogP contribution in [0.1, 0.15) is 47.5 Å². The highest BCUT2D eigenvalue weighted by molar-refractivity contribution is 5.76. The number of carbonyl (C=O) groups excluding carboxylic acids is 1. The molecule has 0 saturated heterocycles. The van der Waals surface area contributed by atoms with Gasteiger partial charge in [0.05, 0.1) is 6.10 Å². The predicted octanol–water partition coefficient (Wildman–Crippen LogP) is 3.67. The molecule has 0 spiro atoms. The molecule has 1 aliphatic carbocycles. The highest BCUT2D eigenvalue weighted by atomic mass is 16.5. The second kappa shape index (κ2) is 8.28. The van der Waals surface area contributed by atoms with Crippen LogP contribution in [-0.2, 0) is 9.53 Å². The maximum atomic E-state index is 10.8. The summed E-state index contributed by atoms with van der Waals surface area (Å²) in [4.78, 5) is 10.8. The van der Waals surface area contributed by atoms with E-state index in [0.29, 0.717) is 0 Å². The van der Waals surface area contributed by atoms with E-state index in [1.165, 1.54) is 11.1 Å². The number of carbonyl (C=O) groups is 1. The van der Waals surface area contributed by atoms with Gasteiger partial charge in [0.1, 0.15) is 6.61 Å². The molecule has 0 radical (unpaired) electrons. The molecule has 2 heteroatoms. The summed E-state index contributed by atoms with van der Waals surface area (Å²) in [6.07, 6.45) is 6.43. The lowest BCUT2D eigenvalue weighted by Crippen LogP contribution is -2.19. The Morgan fingerprint density at radius 3 is 2.56 bits per heavy atom. The highest BCUT2D eigenvalue weighted by Gasteiger charge is 2.14. The van der Waals surface area contributed by atoms with Gasteiger partial charge >= 0.3 is 0 Å². The van der Waals surface area contributed by atoms with Crippen molar-refractivity contribution in [1.29, 1.82) is 0 Å². The molecule has 0 aliphatic heterocycles. The smallest absolute Gasteiger partial charge is 0.155 e. The number of hydrogen-bond acceptors (Lipinski definition) is 2. The third-order valence-electron chi connectivity index (χ3n) is 2.41. The van der Waals surface area contributed by atoms with Gasteiger partial charge < -0.3 is 4.74 Å². The zero-order valence-electron chi connectivity index (χ0n) is 11.2. The average Bonchev–Trinajstić information content (AvgIpc) is 2.29. The molecular formula is C14H24O2. The van der Waals surface area contributed by atoms with Crippen LogP contribution in [-0.4, -0.2) is 18.5 Å². The predicted molar refractivity (Wildman–Crippen MR) is 68.5 cm³/mol. The van der Waals surface area contributed by atoms with Crippen molar-refractivity contribution in [2.45, 2.75) is 53.6 Å². The molecule has 1 atom stereocenters. The Bertz CT molecular complexity index is 274. The molecule has 1 aliphatic rings. The monoisotopic (exact) mass is 224 g/mol. The first-order valence-corrected chi connectivity index (χ1v) is 6.11. The fourth-order valence-corrected chi connectivity index (χ4v) is 1.55. The Labute approximate surface area is 99.4 Å². The van der Waals surface area contributed by atoms with E-state index in [1.54, 1.807) is 6.92 Å². The van der Waals surface area contributed by atoms with Gasteiger partial charge in [-0.3, -0.25) is 4.79 Å². The van der Waals surface area contributed by atoms with E-state index in [2.05, 4.69) is 26.0 Å². The minimum atomic E-state index is 0.0862. The Morgan fingerprint density at radius 1 is 1.50 bits per heavy atom. The van der Waals surface area contributed by atoms with Gasteiger partial charge in [-0.2, -0.15) is 0 Å². The van der Waals surface area contributed by atoms with Crippen molar-refractivity contribution < 1.29 is 9.53 Å². The van der Waals surface area contributed by atoms with E-state index in [4.69, 9.17) is 4.74 Å². The van der Waals surface area contributed by atoms with Crippen LogP contribution in [0, 0.1) is 0 Å². The Morgan fingerprint density at radius 2 is 2.12 bits per heavy atom. The summed E-state index contributed by atoms with van der Waals surface area (Å²) >= 11 is 0. The topological polar surface area (TPSA) is 26.3 Å². The van der Waals surface area contributed by atoms with Gasteiger partial charge in [0, 0.05) is 0 Å². The molecule has 0 aromatic carbocycles. The Hall–Kier alpha value is -0.890. The fraction of sp³-hybridized carbons (Fsp3) is 0.643. The standard InChI is InChI=1S/C12H18O2.C2H6/c1-4-11-5-6-12(9(2)7-11)14-8-10(3)13;1-2/h5,7,12H,4,6,8H2,1-3H3;1-2H3. The van der Waals surface area contributed by atoms with Crippen LogP contribution in [0.5, 0.6) is 0 Å². The molecule has 2 nitrogen and oxygen atoms in total. The Kier molecular flexibility index (Phi) is 7.82. The molecule has 0 saturated carbocycles. The van der Waals surface area contributed by atoms with Crippen LogP contribution in [0.3, 0.4) is 0 Å². The van der Waals surface area contributed by atoms with Crippen LogP contribution in [0.2, 0.25) is 0 Å². The second-order valence-corrected chi connectivity index (χ2v) is 3.76. The molecule has 0 N–H and O–H groups in total. The van der Waals surface area contributed by atoms with Crippen LogP contribution < -0.4 is 0 Å². The molecule has 16 heavy (non-hydrogen) atoms. The van der Waals surface area contributed by atoms with E-state index >= 15 is 0 Å². The van der Waals surface area contributed by atoms with Gasteiger partial charge in [-0.05, 0) is 32.3 Å². The first kappa shape index (κ1) is 15.1. The summed E-state index contributed by atoms with van der Waals surface area (Å²) < 4.78 is 5.49. The summed E-state index contributed by atoms with van der Waals surface area (Å²) in [6.45, 7) is 9.99. The van der Waals surface area contributed by atoms with Crippen molar-refractivity contribution in [3.05, 3.63) is 23.3 Å². The maximum absolute atomic E-state index is 10.8. The molecule has 0 heterocycles. The summed E-state index contributed by atoms with van der Waals surface area (Å²) in [5, 5.41) is 0. The average molecular weight is 224 g/mol. The lowest BCUT2D eigenvalue weighted by molar-refractivity contribution is -0.122. The number of ketones is 1. The number of ether oxygens (including phenoxy) is 1. The van der Waals surface area contributed by atoms with Gasteiger partial charge in [-0.25, -0.2) is 0 Å². The molecule has 0 fully saturated rings. The van der Waals surface area contributed by atoms with Gasteiger partial charge in [-0.1, -0.05) is 38.5 Å². The largest absolute Gasteiger partial charge is 0.366 e. The quantitative estimate of drug-likeness (QED) is 0.728. The number of rotatable bonds is 4. The molecule has 1 rings (SSSR count). The lowest BCUT2D eigenvalue weighted by atomic mass is 9.96. The van der Waals surface area contributed by atoms with Crippen LogP contribution in [0.4, 0.5) is 0 Å². The zero-order valence-corrected chi connectivity index (χ0v) is 11.2. The van der Waals surface area contributed by atoms with Gasteiger partial charge in [0.2, 0.25) is 0 Å². The molecule has 0 aromatic rings. The lowest BCUT2D eigenvalue weighted by Gasteiger charge is -2.21. The molecule has 92 valence electrons. The first-order chi connectivity index (χ1) is 7.63. The molecule has 0 bridgehead atoms. The number of hydrogen-bond donors (Lipinski definition) is 0. The fourth-order valence-electron chi connectivity index (χ4n) is 1.55. The van der Waals surface area contributed by atoms with Crippen LogP contribution in [0.25, 0.3) is 0 Å². The van der Waals surface area contributed by atoms with Crippen molar-refractivity contribution in [1.82, 2.24) is 0 Å². The minimum Gasteiger partial charge on any atom is -0.366 e. The molecular weight excluding hydrogens is 200 g/mol. The van der Waals surface area contributed by atoms with E-state index in [-0.39, 0.29) is 18.5 Å². The number of allylic oxidation sites excluding steroid dienone is 2. The van der Waals surface area contributed by atoms with Crippen molar-refractivity contribution in [2.75, 3.05) is 6.61 Å². The number of Topliss-reactive ketones (excluding diaryl/α,β-unsaturated/α-hetero) is 1. The minimum absolute atomic E-state index is 0.0862. The summed E-state index contributed by atoms with van der Waals surface area (Å²) in [5.41, 5.74) is 2.59. The van der Waals surface area contributed by atoms with E-state index in [1.807, 2.05) is 13.8 Å². The van der Waals surface area contributed by atoms with Crippen molar-refractivity contribution in [2.24, 2.45) is 0 Å². The zero-order chi connectivity index (χ0) is 12.6. The van der Waals surface area contributed by atoms with Crippen LogP contribution in [0.15, 0.2) is 23.3 Å². The van der Waals surface area contributed by atoms with Gasteiger partial charge in [-0.15, -0.1) is 0 Å². The first-order valence-electron chi connectivity index (χ1n) is 6.11. The molecule has 0 aromatic heterocycles. The normalized spacial score (nSPS) is 19.2.